The van der Waals surface area contributed by atoms with Crippen LogP contribution in [0.3, 0.4) is 0 Å². The van der Waals surface area contributed by atoms with Gasteiger partial charge in [-0.15, -0.1) is 6.42 Å². The minimum Gasteiger partial charge on any atom is -0.387 e. The SMILES string of the molecule is C#CCOC[C@H]1O[C@@H](n2cnc3c(NC4CCC(OCC)CC4)ncnc32)[C@H](O)[C@@H]1O. The number of fused-ring (bicyclic) bond motifs is 1. The van der Waals surface area contributed by atoms with E-state index in [2.05, 4.69) is 26.2 Å². The van der Waals surface area contributed by atoms with E-state index in [4.69, 9.17) is 20.6 Å². The van der Waals surface area contributed by atoms with E-state index in [1.165, 1.54) is 6.33 Å². The highest BCUT2D eigenvalue weighted by Gasteiger charge is 2.44. The standard InChI is InChI=1S/C21H29N5O5/c1-3-9-29-10-15-17(27)18(28)21(31-15)26-12-24-16-19(22-11-23-20(16)26)25-13-5-7-14(8-6-13)30-4-2/h1,11-15,17-18,21,27-28H,4-10H2,2H3,(H,22,23,25)/t13?,14?,15-,17-,18-,21-/m1/s1. The average Bonchev–Trinajstić information content (AvgIpc) is 3.32. The predicted molar refractivity (Wildman–Crippen MR) is 112 cm³/mol. The summed E-state index contributed by atoms with van der Waals surface area (Å²) >= 11 is 0. The van der Waals surface area contributed by atoms with Crippen molar-refractivity contribution in [3.63, 3.8) is 0 Å². The Labute approximate surface area is 180 Å². The summed E-state index contributed by atoms with van der Waals surface area (Å²) in [5.74, 6) is 3.00. The van der Waals surface area contributed by atoms with Crippen LogP contribution in [0.15, 0.2) is 12.7 Å². The maximum atomic E-state index is 10.5. The smallest absolute Gasteiger partial charge is 0.167 e. The van der Waals surface area contributed by atoms with Crippen LogP contribution >= 0.6 is 0 Å². The number of terminal acetylenes is 1. The van der Waals surface area contributed by atoms with Crippen molar-refractivity contribution in [1.29, 1.82) is 0 Å². The van der Waals surface area contributed by atoms with Crippen LogP contribution in [-0.2, 0) is 14.2 Å². The summed E-state index contributed by atoms with van der Waals surface area (Å²) in [5.41, 5.74) is 1.11. The molecule has 0 amide bonds. The van der Waals surface area contributed by atoms with Crippen LogP contribution in [0.1, 0.15) is 38.8 Å². The van der Waals surface area contributed by atoms with Crippen molar-refractivity contribution in [3.8, 4) is 12.3 Å². The van der Waals surface area contributed by atoms with Gasteiger partial charge in [0.1, 0.15) is 31.2 Å². The largest absolute Gasteiger partial charge is 0.387 e. The zero-order valence-electron chi connectivity index (χ0n) is 17.6. The molecule has 2 aromatic heterocycles. The second-order valence-corrected chi connectivity index (χ2v) is 7.89. The van der Waals surface area contributed by atoms with Gasteiger partial charge in [-0.2, -0.15) is 0 Å². The van der Waals surface area contributed by atoms with Crippen LogP contribution in [0.5, 0.6) is 0 Å². The Morgan fingerprint density at radius 2 is 2.03 bits per heavy atom. The molecule has 10 nitrogen and oxygen atoms in total. The molecule has 4 rings (SSSR count). The van der Waals surface area contributed by atoms with Gasteiger partial charge in [0.2, 0.25) is 0 Å². The Hall–Kier alpha value is -2.29. The van der Waals surface area contributed by atoms with Crippen LogP contribution in [0.4, 0.5) is 5.82 Å². The maximum Gasteiger partial charge on any atom is 0.167 e. The van der Waals surface area contributed by atoms with Gasteiger partial charge in [-0.3, -0.25) is 4.57 Å². The van der Waals surface area contributed by atoms with Gasteiger partial charge in [-0.05, 0) is 32.6 Å². The Kier molecular flexibility index (Phi) is 6.99. The molecule has 0 aromatic carbocycles. The van der Waals surface area contributed by atoms with Gasteiger partial charge in [0.15, 0.2) is 23.2 Å². The summed E-state index contributed by atoms with van der Waals surface area (Å²) in [7, 11) is 0. The molecule has 0 spiro atoms. The van der Waals surface area contributed by atoms with Crippen LogP contribution in [-0.4, -0.2) is 80.0 Å². The topological polar surface area (TPSA) is 124 Å². The second-order valence-electron chi connectivity index (χ2n) is 7.89. The van der Waals surface area contributed by atoms with E-state index in [-0.39, 0.29) is 19.3 Å². The third-order valence-corrected chi connectivity index (χ3v) is 5.86. The van der Waals surface area contributed by atoms with Crippen molar-refractivity contribution in [2.45, 2.75) is 69.3 Å². The lowest BCUT2D eigenvalue weighted by Gasteiger charge is -2.29. The van der Waals surface area contributed by atoms with Crippen molar-refractivity contribution < 1.29 is 24.4 Å². The van der Waals surface area contributed by atoms with Gasteiger partial charge in [-0.25, -0.2) is 15.0 Å². The lowest BCUT2D eigenvalue weighted by molar-refractivity contribution is -0.0615. The summed E-state index contributed by atoms with van der Waals surface area (Å²) in [6.45, 7) is 2.95. The fraction of sp³-hybridized carbons (Fsp3) is 0.667. The number of aliphatic hydroxyl groups is 2. The lowest BCUT2D eigenvalue weighted by Crippen LogP contribution is -2.33. The van der Waals surface area contributed by atoms with Crippen LogP contribution in [0.25, 0.3) is 11.2 Å². The second kappa shape index (κ2) is 9.89. The quantitative estimate of drug-likeness (QED) is 0.412. The highest BCUT2D eigenvalue weighted by Crippen LogP contribution is 2.33. The van der Waals surface area contributed by atoms with Crippen molar-refractivity contribution in [1.82, 2.24) is 19.5 Å². The highest BCUT2D eigenvalue weighted by molar-refractivity contribution is 5.82. The Bertz CT molecular complexity index is 907. The summed E-state index contributed by atoms with van der Waals surface area (Å²) in [6.07, 6.45) is 8.70. The van der Waals surface area contributed by atoms with Gasteiger partial charge in [0, 0.05) is 12.6 Å². The van der Waals surface area contributed by atoms with Crippen molar-refractivity contribution in [2.24, 2.45) is 0 Å². The first-order chi connectivity index (χ1) is 15.1. The fourth-order valence-electron chi connectivity index (χ4n) is 4.28. The van der Waals surface area contributed by atoms with Crippen molar-refractivity contribution in [3.05, 3.63) is 12.7 Å². The molecule has 1 aliphatic carbocycles. The molecule has 1 saturated carbocycles. The maximum absolute atomic E-state index is 10.5. The minimum atomic E-state index is -1.16. The summed E-state index contributed by atoms with van der Waals surface area (Å²) in [4.78, 5) is 13.2. The molecule has 3 N–H and O–H groups in total. The van der Waals surface area contributed by atoms with E-state index in [1.807, 2.05) is 6.92 Å². The van der Waals surface area contributed by atoms with Gasteiger partial charge in [0.25, 0.3) is 0 Å². The highest BCUT2D eigenvalue weighted by atomic mass is 16.6. The van der Waals surface area contributed by atoms with E-state index < -0.39 is 24.5 Å². The number of nitrogens with one attached hydrogen (secondary N) is 1. The van der Waals surface area contributed by atoms with Gasteiger partial charge >= 0.3 is 0 Å². The average molecular weight is 431 g/mol. The molecule has 10 heteroatoms. The first-order valence-electron chi connectivity index (χ1n) is 10.7. The third-order valence-electron chi connectivity index (χ3n) is 5.86. The van der Waals surface area contributed by atoms with Crippen LogP contribution in [0.2, 0.25) is 0 Å². The number of hydrogen-bond donors (Lipinski definition) is 3. The normalized spacial score (nSPS) is 31.0. The van der Waals surface area contributed by atoms with Crippen molar-refractivity contribution >= 4 is 17.0 Å². The monoisotopic (exact) mass is 431 g/mol. The Morgan fingerprint density at radius 1 is 1.23 bits per heavy atom. The summed E-state index contributed by atoms with van der Waals surface area (Å²) < 4.78 is 18.4. The molecular weight excluding hydrogens is 402 g/mol. The number of aromatic nitrogens is 4. The number of rotatable bonds is 8. The molecule has 1 aliphatic heterocycles. The predicted octanol–water partition coefficient (Wildman–Crippen LogP) is 0.855. The number of aliphatic hydroxyl groups excluding tert-OH is 2. The molecular formula is C21H29N5O5. The molecule has 3 heterocycles. The number of anilines is 1. The molecule has 0 radical (unpaired) electrons. The van der Waals surface area contributed by atoms with Crippen LogP contribution in [0, 0.1) is 12.3 Å². The van der Waals surface area contributed by atoms with Crippen molar-refractivity contribution in [2.75, 3.05) is 25.1 Å². The molecule has 2 aliphatic rings. The van der Waals surface area contributed by atoms with Gasteiger partial charge in [0.05, 0.1) is 19.0 Å². The zero-order valence-corrected chi connectivity index (χ0v) is 17.6. The molecule has 2 aromatic rings. The minimum absolute atomic E-state index is 0.0811. The first-order valence-corrected chi connectivity index (χ1v) is 10.7. The Balaban J connectivity index is 1.47. The van der Waals surface area contributed by atoms with Gasteiger partial charge < -0.3 is 29.7 Å². The van der Waals surface area contributed by atoms with E-state index in [0.29, 0.717) is 23.1 Å². The first kappa shape index (κ1) is 21.9. The number of ether oxygens (including phenoxy) is 3. The molecule has 1 saturated heterocycles. The van der Waals surface area contributed by atoms with Crippen LogP contribution < -0.4 is 5.32 Å². The molecule has 0 unspecified atom stereocenters. The molecule has 4 atom stereocenters. The fourth-order valence-corrected chi connectivity index (χ4v) is 4.28. The molecule has 2 fully saturated rings. The Morgan fingerprint density at radius 3 is 2.77 bits per heavy atom. The molecule has 168 valence electrons. The molecule has 0 bridgehead atoms. The number of hydrogen-bond acceptors (Lipinski definition) is 9. The lowest BCUT2D eigenvalue weighted by atomic mass is 9.93. The van der Waals surface area contributed by atoms with E-state index in [1.54, 1.807) is 10.9 Å². The third kappa shape index (κ3) is 4.66. The van der Waals surface area contributed by atoms with Gasteiger partial charge in [-0.1, -0.05) is 5.92 Å². The number of imidazole rings is 1. The van der Waals surface area contributed by atoms with E-state index in [0.717, 1.165) is 32.3 Å². The van der Waals surface area contributed by atoms with E-state index >= 15 is 0 Å². The van der Waals surface area contributed by atoms with E-state index in [9.17, 15) is 10.2 Å². The number of nitrogens with zero attached hydrogens (tertiary/aromatic N) is 4. The molecule has 31 heavy (non-hydrogen) atoms. The summed E-state index contributed by atoms with van der Waals surface area (Å²) in [5, 5.41) is 24.3. The zero-order chi connectivity index (χ0) is 21.8. The summed E-state index contributed by atoms with van der Waals surface area (Å²) in [6, 6.07) is 0.285.